The van der Waals surface area contributed by atoms with E-state index in [9.17, 15) is 18.4 Å². The van der Waals surface area contributed by atoms with E-state index < -0.39 is 23.2 Å². The molecule has 0 aliphatic carbocycles. The molecule has 0 fully saturated rings. The molecule has 11 heteroatoms. The van der Waals surface area contributed by atoms with E-state index in [1.165, 1.54) is 35.8 Å². The Balaban J connectivity index is 1.66. The molecule has 0 saturated heterocycles. The number of aromatic nitrogens is 5. The summed E-state index contributed by atoms with van der Waals surface area (Å²) >= 11 is 1.18. The Kier molecular flexibility index (Phi) is 5.12. The second-order valence-electron chi connectivity index (χ2n) is 7.71. The zero-order valence-electron chi connectivity index (χ0n) is 17.7. The summed E-state index contributed by atoms with van der Waals surface area (Å²) in [4.78, 5) is 38.2. The first-order valence-corrected chi connectivity index (χ1v) is 11.0. The van der Waals surface area contributed by atoms with Crippen molar-refractivity contribution in [2.24, 2.45) is 0 Å². The highest BCUT2D eigenvalue weighted by Gasteiger charge is 2.35. The van der Waals surface area contributed by atoms with E-state index in [0.717, 1.165) is 12.3 Å². The molecule has 5 rings (SSSR count). The van der Waals surface area contributed by atoms with Gasteiger partial charge in [-0.2, -0.15) is 4.37 Å². The van der Waals surface area contributed by atoms with Crippen LogP contribution in [0.1, 0.15) is 34.8 Å². The molecular weight excluding hydrogens is 450 g/mol. The van der Waals surface area contributed by atoms with Gasteiger partial charge in [0, 0.05) is 36.5 Å². The molecular formula is C22H18F2N6O2S. The van der Waals surface area contributed by atoms with Crippen molar-refractivity contribution < 1.29 is 13.6 Å². The minimum Gasteiger partial charge on any atom is -0.329 e. The molecule has 0 radical (unpaired) electrons. The van der Waals surface area contributed by atoms with Crippen molar-refractivity contribution in [1.29, 1.82) is 0 Å². The van der Waals surface area contributed by atoms with Crippen LogP contribution in [0.3, 0.4) is 0 Å². The van der Waals surface area contributed by atoms with Gasteiger partial charge in [-0.1, -0.05) is 0 Å². The minimum atomic E-state index is -0.635. The number of imidazole rings is 1. The summed E-state index contributed by atoms with van der Waals surface area (Å²) in [6.07, 6.45) is 0.993. The van der Waals surface area contributed by atoms with Gasteiger partial charge >= 0.3 is 0 Å². The van der Waals surface area contributed by atoms with Crippen molar-refractivity contribution in [2.75, 3.05) is 6.54 Å². The zero-order valence-corrected chi connectivity index (χ0v) is 18.5. The average Bonchev–Trinajstić information content (AvgIpc) is 3.40. The first-order chi connectivity index (χ1) is 15.8. The first kappa shape index (κ1) is 21.1. The van der Waals surface area contributed by atoms with Crippen LogP contribution in [0, 0.1) is 18.6 Å². The van der Waals surface area contributed by atoms with E-state index in [0.29, 0.717) is 41.0 Å². The van der Waals surface area contributed by atoms with Crippen molar-refractivity contribution in [3.05, 3.63) is 75.6 Å². The topological polar surface area (TPSA) is 96.8 Å². The number of amides is 1. The third-order valence-corrected chi connectivity index (χ3v) is 6.44. The molecule has 1 amide bonds. The third-order valence-electron chi connectivity index (χ3n) is 5.63. The molecule has 168 valence electrons. The van der Waals surface area contributed by atoms with Gasteiger partial charge in [-0.25, -0.2) is 18.7 Å². The Hall–Kier alpha value is -3.73. The van der Waals surface area contributed by atoms with Crippen LogP contribution in [0.2, 0.25) is 0 Å². The number of aromatic amines is 1. The quantitative estimate of drug-likeness (QED) is 0.496. The molecule has 0 bridgehead atoms. The fourth-order valence-corrected chi connectivity index (χ4v) is 4.75. The van der Waals surface area contributed by atoms with Crippen molar-refractivity contribution >= 4 is 17.4 Å². The molecule has 1 N–H and O–H groups in total. The van der Waals surface area contributed by atoms with Crippen LogP contribution in [0.25, 0.3) is 22.1 Å². The van der Waals surface area contributed by atoms with Gasteiger partial charge in [0.25, 0.3) is 5.91 Å². The predicted octanol–water partition coefficient (Wildman–Crippen LogP) is 3.56. The molecule has 4 aromatic rings. The number of hydrogen-bond acceptors (Lipinski definition) is 6. The number of nitrogens with zero attached hydrogens (tertiary/aromatic N) is 5. The summed E-state index contributed by atoms with van der Waals surface area (Å²) in [5, 5.41) is 0.566. The summed E-state index contributed by atoms with van der Waals surface area (Å²) in [7, 11) is 0. The number of pyridine rings is 1. The number of carbonyl (C=O) groups excluding carboxylic acids is 1. The van der Waals surface area contributed by atoms with Crippen molar-refractivity contribution in [1.82, 2.24) is 28.8 Å². The number of nitrogens with one attached hydrogen (secondary N) is 1. The SMILES string of the molecule is Cc1nsc(-c2nc(-c3cc(=O)[nH]cc3F)c3n2CCN(C(=O)c2ccc(F)cc2)C3C)n1. The first-order valence-electron chi connectivity index (χ1n) is 10.2. The van der Waals surface area contributed by atoms with Crippen LogP contribution in [0.4, 0.5) is 8.78 Å². The van der Waals surface area contributed by atoms with Gasteiger partial charge in [0.2, 0.25) is 5.56 Å². The summed E-state index contributed by atoms with van der Waals surface area (Å²) < 4.78 is 34.2. The summed E-state index contributed by atoms with van der Waals surface area (Å²) in [6, 6.07) is 5.99. The van der Waals surface area contributed by atoms with Crippen molar-refractivity contribution in [3.63, 3.8) is 0 Å². The highest BCUT2D eigenvalue weighted by atomic mass is 32.1. The Morgan fingerprint density at radius 3 is 2.64 bits per heavy atom. The lowest BCUT2D eigenvalue weighted by Crippen LogP contribution is -2.41. The van der Waals surface area contributed by atoms with E-state index in [4.69, 9.17) is 0 Å². The molecule has 0 spiro atoms. The average molecular weight is 468 g/mol. The highest BCUT2D eigenvalue weighted by molar-refractivity contribution is 7.09. The Labute approximate surface area is 190 Å². The molecule has 1 unspecified atom stereocenters. The number of carbonyl (C=O) groups is 1. The number of benzene rings is 1. The zero-order chi connectivity index (χ0) is 23.3. The molecule has 8 nitrogen and oxygen atoms in total. The molecule has 4 heterocycles. The largest absolute Gasteiger partial charge is 0.329 e. The van der Waals surface area contributed by atoms with Gasteiger partial charge in [-0.05, 0) is 49.6 Å². The molecule has 0 saturated carbocycles. The van der Waals surface area contributed by atoms with Gasteiger partial charge < -0.3 is 14.5 Å². The monoisotopic (exact) mass is 468 g/mol. The molecule has 1 atom stereocenters. The molecule has 1 aromatic carbocycles. The van der Waals surface area contributed by atoms with Crippen molar-refractivity contribution in [3.8, 4) is 22.1 Å². The maximum atomic E-state index is 14.8. The number of fused-ring (bicyclic) bond motifs is 1. The van der Waals surface area contributed by atoms with Crippen LogP contribution in [0.15, 0.2) is 41.3 Å². The third kappa shape index (κ3) is 3.63. The number of aryl methyl sites for hydroxylation is 1. The molecule has 1 aliphatic rings. The standard InChI is InChI=1S/C22H18F2N6O2S/c1-11-19-18(15-9-17(31)25-10-16(15)24)27-20(21-26-12(2)28-33-21)30(19)8-7-29(11)22(32)13-3-5-14(23)6-4-13/h3-6,9-11H,7-8H2,1-2H3,(H,25,31). The van der Waals surface area contributed by atoms with E-state index in [1.807, 2.05) is 11.5 Å². The maximum Gasteiger partial charge on any atom is 0.254 e. The fourth-order valence-electron chi connectivity index (χ4n) is 4.08. The number of hydrogen-bond donors (Lipinski definition) is 1. The number of H-pyrrole nitrogens is 1. The lowest BCUT2D eigenvalue weighted by Gasteiger charge is -2.35. The van der Waals surface area contributed by atoms with E-state index in [-0.39, 0.29) is 17.2 Å². The van der Waals surface area contributed by atoms with Crippen LogP contribution >= 0.6 is 11.5 Å². The van der Waals surface area contributed by atoms with Gasteiger partial charge in [-0.15, -0.1) is 0 Å². The summed E-state index contributed by atoms with van der Waals surface area (Å²) in [5.74, 6) is -0.245. The predicted molar refractivity (Wildman–Crippen MR) is 118 cm³/mol. The van der Waals surface area contributed by atoms with E-state index in [2.05, 4.69) is 19.3 Å². The van der Waals surface area contributed by atoms with Crippen molar-refractivity contribution in [2.45, 2.75) is 26.4 Å². The maximum absolute atomic E-state index is 14.8. The van der Waals surface area contributed by atoms with Gasteiger partial charge in [0.05, 0.1) is 17.4 Å². The summed E-state index contributed by atoms with van der Waals surface area (Å²) in [5.41, 5.74) is 0.775. The van der Waals surface area contributed by atoms with Gasteiger partial charge in [0.15, 0.2) is 10.8 Å². The lowest BCUT2D eigenvalue weighted by molar-refractivity contribution is 0.0645. The lowest BCUT2D eigenvalue weighted by atomic mass is 10.0. The highest BCUT2D eigenvalue weighted by Crippen LogP contribution is 2.39. The van der Waals surface area contributed by atoms with Gasteiger partial charge in [0.1, 0.15) is 17.5 Å². The number of rotatable bonds is 3. The normalized spacial score (nSPS) is 15.5. The fraction of sp³-hybridized carbons (Fsp3) is 0.227. The molecule has 33 heavy (non-hydrogen) atoms. The van der Waals surface area contributed by atoms with E-state index in [1.54, 1.807) is 11.8 Å². The molecule has 1 aliphatic heterocycles. The summed E-state index contributed by atoms with van der Waals surface area (Å²) in [6.45, 7) is 4.34. The van der Waals surface area contributed by atoms with Crippen LogP contribution in [-0.2, 0) is 6.54 Å². The van der Waals surface area contributed by atoms with Crippen LogP contribution in [0.5, 0.6) is 0 Å². The smallest absolute Gasteiger partial charge is 0.254 e. The number of halogens is 2. The Morgan fingerprint density at radius 1 is 1.18 bits per heavy atom. The second-order valence-corrected chi connectivity index (χ2v) is 8.46. The van der Waals surface area contributed by atoms with Crippen LogP contribution in [-0.4, -0.2) is 41.2 Å². The van der Waals surface area contributed by atoms with E-state index >= 15 is 0 Å². The minimum absolute atomic E-state index is 0.0397. The Bertz CT molecular complexity index is 1430. The van der Waals surface area contributed by atoms with Crippen LogP contribution < -0.4 is 5.56 Å². The Morgan fingerprint density at radius 2 is 1.94 bits per heavy atom. The second kappa shape index (κ2) is 8.00. The van der Waals surface area contributed by atoms with Gasteiger partial charge in [-0.3, -0.25) is 9.59 Å². The molecule has 3 aromatic heterocycles.